The van der Waals surface area contributed by atoms with Crippen LogP contribution < -0.4 is 5.32 Å². The number of rotatable bonds is 11. The molecule has 3 N–H and O–H groups in total. The Morgan fingerprint density at radius 2 is 1.87 bits per heavy atom. The maximum atomic E-state index is 13.3. The van der Waals surface area contributed by atoms with E-state index in [1.807, 2.05) is 17.9 Å². The first-order valence-corrected chi connectivity index (χ1v) is 13.8. The van der Waals surface area contributed by atoms with Gasteiger partial charge < -0.3 is 29.7 Å². The standard InChI is InChI=1S/C15H30N2O3.C13H8FN5.2H2/c1-2-19-12-7-4-8-13-20-14-9-16-15(18)17-10-5-3-6-11-17;14-8-3-9-10(6-18-12(9)17-5-8)13-16-4-7-1-2-15-11(7)19-13;;/h2-14H2,1H3,(H,16,18);1-6H,(H,17,18)(H,15,16,19);2*1H. The minimum Gasteiger partial charge on any atom is -0.382 e. The number of halogens is 1. The second-order valence-corrected chi connectivity index (χ2v) is 9.38. The molecule has 1 saturated heterocycles. The highest BCUT2D eigenvalue weighted by molar-refractivity contribution is 5.92. The van der Waals surface area contributed by atoms with E-state index >= 15 is 0 Å². The summed E-state index contributed by atoms with van der Waals surface area (Å²) in [5, 5.41) is 4.52. The van der Waals surface area contributed by atoms with Crippen molar-refractivity contribution < 1.29 is 21.5 Å². The van der Waals surface area contributed by atoms with Crippen molar-refractivity contribution in [2.24, 2.45) is 0 Å². The first-order chi connectivity index (χ1) is 19.2. The summed E-state index contributed by atoms with van der Waals surface area (Å²) in [7, 11) is 0. The van der Waals surface area contributed by atoms with Gasteiger partial charge in [0.1, 0.15) is 17.1 Å². The Morgan fingerprint density at radius 1 is 1.05 bits per heavy atom. The highest BCUT2D eigenvalue weighted by Gasteiger charge is 2.15. The van der Waals surface area contributed by atoms with Gasteiger partial charge in [0.2, 0.25) is 0 Å². The van der Waals surface area contributed by atoms with E-state index in [1.165, 1.54) is 18.7 Å². The molecule has 1 fully saturated rings. The van der Waals surface area contributed by atoms with Crippen LogP contribution in [0.15, 0.2) is 36.9 Å². The van der Waals surface area contributed by atoms with E-state index < -0.39 is 0 Å². The number of fused-ring (bicyclic) bond motifs is 2. The monoisotopic (exact) mass is 543 g/mol. The summed E-state index contributed by atoms with van der Waals surface area (Å²) in [6, 6.07) is 3.39. The van der Waals surface area contributed by atoms with E-state index in [0.29, 0.717) is 30.0 Å². The number of carbonyl (C=O) groups excluding carboxylic acids is 1. The molecule has 0 saturated carbocycles. The van der Waals surface area contributed by atoms with Crippen molar-refractivity contribution in [2.45, 2.75) is 45.4 Å². The second kappa shape index (κ2) is 15.1. The van der Waals surface area contributed by atoms with E-state index in [9.17, 15) is 9.18 Å². The normalized spacial score (nSPS) is 13.4. The number of aromatic nitrogens is 5. The van der Waals surface area contributed by atoms with E-state index in [-0.39, 0.29) is 14.7 Å². The first kappa shape index (κ1) is 28.4. The number of likely N-dealkylation sites (tertiary alicyclic amines) is 1. The number of hydrogen-bond donors (Lipinski definition) is 3. The summed E-state index contributed by atoms with van der Waals surface area (Å²) >= 11 is 0. The molecule has 4 aromatic heterocycles. The van der Waals surface area contributed by atoms with Crippen molar-refractivity contribution in [3.05, 3.63) is 42.7 Å². The Labute approximate surface area is 230 Å². The van der Waals surface area contributed by atoms with Crippen molar-refractivity contribution in [3.8, 4) is 11.4 Å². The number of ether oxygens (including phenoxy) is 2. The number of nitrogens with zero attached hydrogens (tertiary/aromatic N) is 4. The van der Waals surface area contributed by atoms with Gasteiger partial charge in [0, 0.05) is 77.2 Å². The molecular weight excluding hydrogens is 501 g/mol. The fourth-order valence-corrected chi connectivity index (χ4v) is 4.40. The summed E-state index contributed by atoms with van der Waals surface area (Å²) in [5.74, 6) is 0.155. The van der Waals surface area contributed by atoms with Crippen molar-refractivity contribution in [3.63, 3.8) is 0 Å². The lowest BCUT2D eigenvalue weighted by Gasteiger charge is -2.26. The van der Waals surface area contributed by atoms with E-state index in [4.69, 9.17) is 9.47 Å². The van der Waals surface area contributed by atoms with Gasteiger partial charge >= 0.3 is 6.03 Å². The molecule has 2 amide bonds. The number of aromatic amines is 2. The lowest BCUT2D eigenvalue weighted by molar-refractivity contribution is 0.119. The second-order valence-electron chi connectivity index (χ2n) is 9.38. The molecule has 5 rings (SSSR count). The molecule has 0 unspecified atom stereocenters. The van der Waals surface area contributed by atoms with Gasteiger partial charge in [-0.3, -0.25) is 0 Å². The summed E-state index contributed by atoms with van der Waals surface area (Å²) < 4.78 is 24.1. The van der Waals surface area contributed by atoms with Gasteiger partial charge in [0.05, 0.1) is 12.8 Å². The number of urea groups is 1. The lowest BCUT2D eigenvalue weighted by Crippen LogP contribution is -2.43. The molecule has 0 radical (unpaired) electrons. The van der Waals surface area contributed by atoms with Crippen LogP contribution in [0.5, 0.6) is 0 Å². The smallest absolute Gasteiger partial charge is 0.317 e. The van der Waals surface area contributed by atoms with Gasteiger partial charge in [-0.25, -0.2) is 24.1 Å². The number of piperidine rings is 1. The zero-order valence-electron chi connectivity index (χ0n) is 22.5. The number of amides is 2. The lowest BCUT2D eigenvalue weighted by atomic mass is 10.1. The maximum absolute atomic E-state index is 13.3. The molecule has 11 heteroatoms. The SMILES string of the molecule is CCOCCCCCOCCNC(=O)N1CCCCC1.Fc1cnc2[nH]cc(-c3ncc4cc[nH]c4n3)c2c1.[HH].[HH]. The Balaban J connectivity index is 0.000000273. The number of hydrogen-bond acceptors (Lipinski definition) is 6. The largest absolute Gasteiger partial charge is 0.382 e. The van der Waals surface area contributed by atoms with Gasteiger partial charge in [0.15, 0.2) is 5.82 Å². The van der Waals surface area contributed by atoms with Crippen molar-refractivity contribution in [2.75, 3.05) is 46.1 Å². The molecule has 0 spiro atoms. The predicted molar refractivity (Wildman–Crippen MR) is 153 cm³/mol. The van der Waals surface area contributed by atoms with E-state index in [2.05, 4.69) is 30.2 Å². The summed E-state index contributed by atoms with van der Waals surface area (Å²) in [4.78, 5) is 32.4. The van der Waals surface area contributed by atoms with Crippen LogP contribution in [0.4, 0.5) is 9.18 Å². The molecule has 0 aromatic carbocycles. The molecular formula is C28H42FN7O3. The van der Waals surface area contributed by atoms with Crippen LogP contribution in [0.25, 0.3) is 33.5 Å². The third-order valence-electron chi connectivity index (χ3n) is 6.49. The molecule has 39 heavy (non-hydrogen) atoms. The third-order valence-corrected chi connectivity index (χ3v) is 6.49. The van der Waals surface area contributed by atoms with Crippen LogP contribution in [-0.4, -0.2) is 81.9 Å². The van der Waals surface area contributed by atoms with Crippen LogP contribution in [-0.2, 0) is 9.47 Å². The van der Waals surface area contributed by atoms with Crippen LogP contribution in [0.2, 0.25) is 0 Å². The highest BCUT2D eigenvalue weighted by Crippen LogP contribution is 2.26. The minimum atomic E-state index is -0.380. The summed E-state index contributed by atoms with van der Waals surface area (Å²) in [5.41, 5.74) is 2.11. The Hall–Kier alpha value is -3.57. The fraction of sp³-hybridized carbons (Fsp3) is 0.500. The number of nitrogens with one attached hydrogen (secondary N) is 3. The predicted octanol–water partition coefficient (Wildman–Crippen LogP) is 5.54. The third kappa shape index (κ3) is 8.46. The average Bonchev–Trinajstić information content (AvgIpc) is 3.61. The van der Waals surface area contributed by atoms with Gasteiger partial charge in [-0.2, -0.15) is 0 Å². The number of pyridine rings is 1. The van der Waals surface area contributed by atoms with Gasteiger partial charge in [0.25, 0.3) is 0 Å². The topological polar surface area (TPSA) is 121 Å². The van der Waals surface area contributed by atoms with Gasteiger partial charge in [-0.15, -0.1) is 0 Å². The van der Waals surface area contributed by atoms with Gasteiger partial charge in [-0.05, 0) is 57.6 Å². The maximum Gasteiger partial charge on any atom is 0.317 e. The molecule has 0 atom stereocenters. The summed E-state index contributed by atoms with van der Waals surface area (Å²) in [6.45, 7) is 7.43. The number of H-pyrrole nitrogens is 2. The highest BCUT2D eigenvalue weighted by atomic mass is 19.1. The molecule has 5 heterocycles. The average molecular weight is 544 g/mol. The van der Waals surface area contributed by atoms with E-state index in [1.54, 1.807) is 18.6 Å². The molecule has 1 aliphatic heterocycles. The van der Waals surface area contributed by atoms with Crippen LogP contribution in [0, 0.1) is 5.82 Å². The molecule has 4 aromatic rings. The quantitative estimate of drug-likeness (QED) is 0.214. The van der Waals surface area contributed by atoms with Gasteiger partial charge in [-0.1, -0.05) is 0 Å². The first-order valence-electron chi connectivity index (χ1n) is 13.8. The molecule has 214 valence electrons. The number of unbranched alkanes of at least 4 members (excludes halogenated alkanes) is 2. The zero-order valence-corrected chi connectivity index (χ0v) is 22.5. The molecule has 1 aliphatic rings. The molecule has 10 nitrogen and oxygen atoms in total. The van der Waals surface area contributed by atoms with Crippen molar-refractivity contribution >= 4 is 28.1 Å². The fourth-order valence-electron chi connectivity index (χ4n) is 4.40. The van der Waals surface area contributed by atoms with Crippen molar-refractivity contribution in [1.82, 2.24) is 35.1 Å². The van der Waals surface area contributed by atoms with E-state index in [0.717, 1.165) is 81.6 Å². The summed E-state index contributed by atoms with van der Waals surface area (Å²) in [6.07, 6.45) is 13.3. The zero-order chi connectivity index (χ0) is 27.3. The molecule has 0 aliphatic carbocycles. The van der Waals surface area contributed by atoms with Crippen LogP contribution >= 0.6 is 0 Å². The van der Waals surface area contributed by atoms with Crippen molar-refractivity contribution in [1.29, 1.82) is 0 Å². The minimum absolute atomic E-state index is 0. The molecule has 0 bridgehead atoms. The Bertz CT molecular complexity index is 1310. The van der Waals surface area contributed by atoms with Crippen LogP contribution in [0.3, 0.4) is 0 Å². The van der Waals surface area contributed by atoms with Crippen LogP contribution in [0.1, 0.15) is 48.3 Å². The Kier molecular flexibility index (Phi) is 11.0. The Morgan fingerprint density at radius 3 is 2.69 bits per heavy atom. The number of carbonyl (C=O) groups is 1.